The molecule has 0 bridgehead atoms. The van der Waals surface area contributed by atoms with E-state index >= 15 is 0 Å². The number of pyridine rings is 1. The van der Waals surface area contributed by atoms with Gasteiger partial charge in [-0.3, -0.25) is 19.4 Å². The fourth-order valence-electron chi connectivity index (χ4n) is 5.17. The maximum absolute atomic E-state index is 14.5. The Morgan fingerprint density at radius 2 is 1.71 bits per heavy atom. The normalized spacial score (nSPS) is 13.4. The Hall–Kier alpha value is -4.93. The van der Waals surface area contributed by atoms with E-state index in [2.05, 4.69) is 20.9 Å². The zero-order valence-corrected chi connectivity index (χ0v) is 25.2. The summed E-state index contributed by atoms with van der Waals surface area (Å²) in [5, 5.41) is 8.32. The van der Waals surface area contributed by atoms with Crippen molar-refractivity contribution in [3.8, 4) is 11.1 Å². The van der Waals surface area contributed by atoms with E-state index in [1.807, 2.05) is 13.8 Å². The topological polar surface area (TPSA) is 105 Å². The summed E-state index contributed by atoms with van der Waals surface area (Å²) in [6, 6.07) is 11.5. The Morgan fingerprint density at radius 3 is 2.38 bits per heavy atom. The van der Waals surface area contributed by atoms with Crippen molar-refractivity contribution in [2.24, 2.45) is 0 Å². The van der Waals surface area contributed by atoms with Crippen LogP contribution in [0.1, 0.15) is 76.3 Å². The third kappa shape index (κ3) is 7.60. The van der Waals surface area contributed by atoms with E-state index in [1.54, 1.807) is 29.0 Å². The van der Waals surface area contributed by atoms with Gasteiger partial charge in [-0.2, -0.15) is 0 Å². The van der Waals surface area contributed by atoms with E-state index in [9.17, 15) is 27.6 Å². The molecular weight excluding hydrogens is 583 g/mol. The Morgan fingerprint density at radius 1 is 0.978 bits per heavy atom. The van der Waals surface area contributed by atoms with Crippen molar-refractivity contribution in [1.82, 2.24) is 25.5 Å². The molecule has 2 aromatic heterocycles. The van der Waals surface area contributed by atoms with E-state index in [1.165, 1.54) is 43.6 Å². The summed E-state index contributed by atoms with van der Waals surface area (Å²) < 4.78 is 44.5. The first kappa shape index (κ1) is 31.5. The Bertz CT molecular complexity index is 1730. The van der Waals surface area contributed by atoms with Gasteiger partial charge in [0.2, 0.25) is 5.91 Å². The van der Waals surface area contributed by atoms with Crippen LogP contribution in [-0.2, 0) is 17.8 Å². The monoisotopic (exact) mass is 617 g/mol. The second-order valence-electron chi connectivity index (χ2n) is 11.5. The van der Waals surface area contributed by atoms with E-state index < -0.39 is 35.3 Å². The van der Waals surface area contributed by atoms with Crippen LogP contribution in [0.3, 0.4) is 0 Å². The minimum Gasteiger partial charge on any atom is -0.355 e. The molecule has 0 saturated heterocycles. The number of aromatic nitrogens is 2. The largest absolute Gasteiger partial charge is 0.355 e. The van der Waals surface area contributed by atoms with E-state index in [0.717, 1.165) is 24.5 Å². The van der Waals surface area contributed by atoms with Crippen molar-refractivity contribution < 1.29 is 27.6 Å². The van der Waals surface area contributed by atoms with Gasteiger partial charge in [-0.15, -0.1) is 0 Å². The third-order valence-electron chi connectivity index (χ3n) is 7.66. The molecule has 1 aliphatic carbocycles. The zero-order chi connectivity index (χ0) is 32.2. The maximum Gasteiger partial charge on any atom is 0.268 e. The molecule has 0 radical (unpaired) electrons. The molecule has 5 rings (SSSR count). The molecule has 0 unspecified atom stereocenters. The molecule has 4 aromatic rings. The van der Waals surface area contributed by atoms with Gasteiger partial charge in [0, 0.05) is 37.1 Å². The first-order chi connectivity index (χ1) is 21.5. The summed E-state index contributed by atoms with van der Waals surface area (Å²) in [5.41, 5.74) is 2.62. The number of hydrogen-bond donors (Lipinski definition) is 3. The summed E-state index contributed by atoms with van der Waals surface area (Å²) in [6.07, 6.45) is 5.07. The van der Waals surface area contributed by atoms with Crippen LogP contribution in [0.4, 0.5) is 13.2 Å². The lowest BCUT2D eigenvalue weighted by Gasteiger charge is -2.22. The second kappa shape index (κ2) is 13.4. The highest BCUT2D eigenvalue weighted by molar-refractivity contribution is 5.96. The predicted molar refractivity (Wildman–Crippen MR) is 163 cm³/mol. The summed E-state index contributed by atoms with van der Waals surface area (Å²) in [6.45, 7) is 3.78. The van der Waals surface area contributed by atoms with Crippen LogP contribution in [0.5, 0.6) is 0 Å². The molecule has 45 heavy (non-hydrogen) atoms. The molecule has 3 amide bonds. The lowest BCUT2D eigenvalue weighted by molar-refractivity contribution is -0.122. The maximum atomic E-state index is 14.5. The molecule has 1 saturated carbocycles. The number of carbonyl (C=O) groups is 3. The van der Waals surface area contributed by atoms with Crippen LogP contribution >= 0.6 is 0 Å². The standard InChI is InChI=1S/C34H34F3N5O3/c1-19(2)22-15-30(34(45)40-25-7-8-25)42(17-22)18-31(43)41-29(13-20-11-23(35)16-24(36)12-20)32-26(5-4-10-39-32)21-6-9-28(37)27(14-21)33(44)38-3/h4-6,9-12,14-17,19,25,29H,7-8,13,18H2,1-3H3,(H,38,44)(H,40,45)(H,41,43)/t29-/m0/s1. The van der Waals surface area contributed by atoms with Gasteiger partial charge in [-0.1, -0.05) is 26.0 Å². The number of amides is 3. The minimum atomic E-state index is -0.896. The Balaban J connectivity index is 1.50. The van der Waals surface area contributed by atoms with Gasteiger partial charge in [0.1, 0.15) is 29.7 Å². The van der Waals surface area contributed by atoms with Gasteiger partial charge in [-0.25, -0.2) is 13.2 Å². The number of nitrogens with zero attached hydrogens (tertiary/aromatic N) is 2. The van der Waals surface area contributed by atoms with Crippen molar-refractivity contribution in [3.05, 3.63) is 113 Å². The molecule has 1 fully saturated rings. The fourth-order valence-corrected chi connectivity index (χ4v) is 5.17. The van der Waals surface area contributed by atoms with Crippen molar-refractivity contribution >= 4 is 17.7 Å². The quantitative estimate of drug-likeness (QED) is 0.208. The highest BCUT2D eigenvalue weighted by atomic mass is 19.1. The Labute approximate surface area is 259 Å². The first-order valence-corrected chi connectivity index (χ1v) is 14.7. The van der Waals surface area contributed by atoms with Crippen molar-refractivity contribution in [1.29, 1.82) is 0 Å². The molecule has 1 aliphatic rings. The summed E-state index contributed by atoms with van der Waals surface area (Å²) in [7, 11) is 1.39. The molecule has 1 atom stereocenters. The van der Waals surface area contributed by atoms with Crippen molar-refractivity contribution in [2.45, 2.75) is 57.7 Å². The van der Waals surface area contributed by atoms with Gasteiger partial charge in [0.15, 0.2) is 0 Å². The Kier molecular flexibility index (Phi) is 9.36. The average molecular weight is 618 g/mol. The number of benzene rings is 2. The van der Waals surface area contributed by atoms with Crippen LogP contribution in [0.15, 0.2) is 67.0 Å². The van der Waals surface area contributed by atoms with Crippen LogP contribution in [0.25, 0.3) is 11.1 Å². The molecular formula is C34H34F3N5O3. The lowest BCUT2D eigenvalue weighted by atomic mass is 9.94. The number of rotatable bonds is 11. The smallest absolute Gasteiger partial charge is 0.268 e. The van der Waals surface area contributed by atoms with Gasteiger partial charge >= 0.3 is 0 Å². The lowest BCUT2D eigenvalue weighted by Crippen LogP contribution is -2.35. The van der Waals surface area contributed by atoms with Gasteiger partial charge in [0.05, 0.1) is 17.3 Å². The molecule has 0 spiro atoms. The van der Waals surface area contributed by atoms with Crippen LogP contribution < -0.4 is 16.0 Å². The molecule has 234 valence electrons. The van der Waals surface area contributed by atoms with Crippen LogP contribution in [-0.4, -0.2) is 40.4 Å². The fraction of sp³-hybridized carbons (Fsp3) is 0.294. The van der Waals surface area contributed by atoms with E-state index in [0.29, 0.717) is 22.5 Å². The van der Waals surface area contributed by atoms with Gasteiger partial charge < -0.3 is 20.5 Å². The van der Waals surface area contributed by atoms with E-state index in [-0.39, 0.29) is 42.0 Å². The minimum absolute atomic E-state index is 0.0358. The third-order valence-corrected chi connectivity index (χ3v) is 7.66. The molecule has 2 heterocycles. The molecule has 0 aliphatic heterocycles. The SMILES string of the molecule is CNC(=O)c1cc(-c2cccnc2[C@H](Cc2cc(F)cc(F)c2)NC(=O)Cn2cc(C(C)C)cc2C(=O)NC2CC2)ccc1F. The van der Waals surface area contributed by atoms with Gasteiger partial charge in [0.25, 0.3) is 11.8 Å². The number of carbonyl (C=O) groups excluding carboxylic acids is 3. The van der Waals surface area contributed by atoms with Crippen molar-refractivity contribution in [3.63, 3.8) is 0 Å². The first-order valence-electron chi connectivity index (χ1n) is 14.7. The number of nitrogens with one attached hydrogen (secondary N) is 3. The average Bonchev–Trinajstić information content (AvgIpc) is 3.71. The molecule has 3 N–H and O–H groups in total. The van der Waals surface area contributed by atoms with Gasteiger partial charge in [-0.05, 0) is 78.3 Å². The molecule has 11 heteroatoms. The second-order valence-corrected chi connectivity index (χ2v) is 11.5. The summed E-state index contributed by atoms with van der Waals surface area (Å²) in [4.78, 5) is 43.5. The van der Waals surface area contributed by atoms with E-state index in [4.69, 9.17) is 0 Å². The molecule has 8 nitrogen and oxygen atoms in total. The zero-order valence-electron chi connectivity index (χ0n) is 25.2. The molecule has 2 aromatic carbocycles. The van der Waals surface area contributed by atoms with Crippen LogP contribution in [0, 0.1) is 17.5 Å². The number of halogens is 3. The summed E-state index contributed by atoms with van der Waals surface area (Å²) >= 11 is 0. The summed E-state index contributed by atoms with van der Waals surface area (Å²) in [5.74, 6) is -3.49. The van der Waals surface area contributed by atoms with Crippen LogP contribution in [0.2, 0.25) is 0 Å². The highest BCUT2D eigenvalue weighted by Crippen LogP contribution is 2.31. The van der Waals surface area contributed by atoms with Crippen molar-refractivity contribution in [2.75, 3.05) is 7.05 Å². The highest BCUT2D eigenvalue weighted by Gasteiger charge is 2.27. The predicted octanol–water partition coefficient (Wildman–Crippen LogP) is 5.44. The number of hydrogen-bond acceptors (Lipinski definition) is 4.